The van der Waals surface area contributed by atoms with Crippen LogP contribution in [0.2, 0.25) is 0 Å². The van der Waals surface area contributed by atoms with Crippen molar-refractivity contribution in [3.63, 3.8) is 0 Å². The van der Waals surface area contributed by atoms with E-state index in [-0.39, 0.29) is 37.4 Å². The lowest BCUT2D eigenvalue weighted by molar-refractivity contribution is -0.147. The molecular formula is C19H24N2O3S. The van der Waals surface area contributed by atoms with Crippen LogP contribution in [-0.2, 0) is 20.7 Å². The van der Waals surface area contributed by atoms with Crippen LogP contribution in [0.3, 0.4) is 0 Å². The fourth-order valence-corrected chi connectivity index (χ4v) is 3.32. The fraction of sp³-hybridized carbons (Fsp3) is 0.421. The smallest absolute Gasteiger partial charge is 0.307 e. The molecule has 2 aromatic rings. The number of hydrogen-bond acceptors (Lipinski definition) is 5. The molecule has 0 aliphatic carbocycles. The van der Waals surface area contributed by atoms with E-state index in [1.54, 1.807) is 13.8 Å². The number of aromatic nitrogens is 1. The van der Waals surface area contributed by atoms with Crippen molar-refractivity contribution in [1.82, 2.24) is 10.3 Å². The van der Waals surface area contributed by atoms with Crippen LogP contribution in [0.5, 0.6) is 0 Å². The normalized spacial score (nSPS) is 10.8. The first-order valence-corrected chi connectivity index (χ1v) is 9.16. The van der Waals surface area contributed by atoms with Gasteiger partial charge in [0.1, 0.15) is 0 Å². The largest absolute Gasteiger partial charge is 0.463 e. The van der Waals surface area contributed by atoms with Gasteiger partial charge in [0.2, 0.25) is 5.91 Å². The number of carbonyl (C=O) groups excluding carboxylic acids is 2. The summed E-state index contributed by atoms with van der Waals surface area (Å²) in [5.41, 5.74) is 3.05. The molecule has 2 rings (SSSR count). The zero-order valence-electron chi connectivity index (χ0n) is 15.1. The summed E-state index contributed by atoms with van der Waals surface area (Å²) >= 11 is 1.53. The number of nitrogens with one attached hydrogen (secondary N) is 1. The van der Waals surface area contributed by atoms with E-state index in [9.17, 15) is 9.59 Å². The van der Waals surface area contributed by atoms with E-state index in [2.05, 4.69) is 10.3 Å². The zero-order chi connectivity index (χ0) is 18.4. The van der Waals surface area contributed by atoms with Gasteiger partial charge in [-0.1, -0.05) is 29.8 Å². The number of thiazole rings is 1. The first-order valence-electron chi connectivity index (χ1n) is 8.34. The highest BCUT2D eigenvalue weighted by molar-refractivity contribution is 7.12. The molecule has 0 bridgehead atoms. The van der Waals surface area contributed by atoms with Gasteiger partial charge in [-0.2, -0.15) is 0 Å². The summed E-state index contributed by atoms with van der Waals surface area (Å²) in [4.78, 5) is 29.2. The van der Waals surface area contributed by atoms with Crippen molar-refractivity contribution in [2.45, 2.75) is 46.6 Å². The minimum Gasteiger partial charge on any atom is -0.463 e. The van der Waals surface area contributed by atoms with Gasteiger partial charge < -0.3 is 10.1 Å². The van der Waals surface area contributed by atoms with Crippen molar-refractivity contribution in [3.05, 3.63) is 39.7 Å². The molecule has 0 radical (unpaired) electrons. The summed E-state index contributed by atoms with van der Waals surface area (Å²) in [5, 5.41) is 3.70. The standard InChI is InChI=1S/C19H24N2O3S/c1-12(2)24-18(23)9-10-20-17(22)11-16-19(21-14(4)25-16)15-7-5-13(3)6-8-15/h5-8,12H,9-11H2,1-4H3,(H,20,22). The Morgan fingerprint density at radius 2 is 1.88 bits per heavy atom. The molecule has 1 aromatic heterocycles. The molecule has 0 aliphatic rings. The average molecular weight is 360 g/mol. The van der Waals surface area contributed by atoms with Crippen LogP contribution < -0.4 is 5.32 Å². The predicted octanol–water partition coefficient (Wildman–Crippen LogP) is 3.43. The number of amides is 1. The predicted molar refractivity (Wildman–Crippen MR) is 99.6 cm³/mol. The molecule has 0 spiro atoms. The highest BCUT2D eigenvalue weighted by atomic mass is 32.1. The number of benzene rings is 1. The van der Waals surface area contributed by atoms with Crippen LogP contribution in [-0.4, -0.2) is 29.5 Å². The van der Waals surface area contributed by atoms with E-state index in [0.29, 0.717) is 0 Å². The molecule has 6 heteroatoms. The first kappa shape index (κ1) is 19.1. The number of rotatable bonds is 7. The molecule has 0 fully saturated rings. The minimum absolute atomic E-state index is 0.116. The van der Waals surface area contributed by atoms with Crippen molar-refractivity contribution in [2.24, 2.45) is 0 Å². The van der Waals surface area contributed by atoms with Crippen LogP contribution in [0.25, 0.3) is 11.3 Å². The molecule has 0 saturated carbocycles. The van der Waals surface area contributed by atoms with Gasteiger partial charge in [0, 0.05) is 17.0 Å². The van der Waals surface area contributed by atoms with E-state index in [1.165, 1.54) is 16.9 Å². The Morgan fingerprint density at radius 3 is 2.52 bits per heavy atom. The second-order valence-corrected chi connectivity index (χ2v) is 7.47. The lowest BCUT2D eigenvalue weighted by Crippen LogP contribution is -2.28. The third-order valence-electron chi connectivity index (χ3n) is 3.47. The second-order valence-electron chi connectivity index (χ2n) is 6.19. The quantitative estimate of drug-likeness (QED) is 0.768. The molecule has 0 unspecified atom stereocenters. The second kappa shape index (κ2) is 8.76. The maximum atomic E-state index is 12.2. The molecular weight excluding hydrogens is 336 g/mol. The van der Waals surface area contributed by atoms with Crippen LogP contribution in [0.1, 0.15) is 35.7 Å². The Labute approximate surface area is 152 Å². The molecule has 0 aliphatic heterocycles. The highest BCUT2D eigenvalue weighted by Crippen LogP contribution is 2.28. The van der Waals surface area contributed by atoms with E-state index in [1.807, 2.05) is 38.1 Å². The van der Waals surface area contributed by atoms with E-state index in [0.717, 1.165) is 21.1 Å². The maximum absolute atomic E-state index is 12.2. The third kappa shape index (κ3) is 5.98. The highest BCUT2D eigenvalue weighted by Gasteiger charge is 2.15. The van der Waals surface area contributed by atoms with Gasteiger partial charge in [0.05, 0.1) is 29.6 Å². The maximum Gasteiger partial charge on any atom is 0.307 e. The van der Waals surface area contributed by atoms with Crippen LogP contribution in [0.4, 0.5) is 0 Å². The van der Waals surface area contributed by atoms with E-state index in [4.69, 9.17) is 4.74 Å². The van der Waals surface area contributed by atoms with Crippen molar-refractivity contribution in [3.8, 4) is 11.3 Å². The molecule has 1 heterocycles. The van der Waals surface area contributed by atoms with Crippen molar-refractivity contribution >= 4 is 23.2 Å². The number of carbonyl (C=O) groups is 2. The molecule has 1 aromatic carbocycles. The van der Waals surface area contributed by atoms with Gasteiger partial charge in [0.25, 0.3) is 0 Å². The van der Waals surface area contributed by atoms with Crippen molar-refractivity contribution < 1.29 is 14.3 Å². The van der Waals surface area contributed by atoms with Crippen LogP contribution in [0.15, 0.2) is 24.3 Å². The average Bonchev–Trinajstić information content (AvgIpc) is 2.87. The molecule has 0 saturated heterocycles. The van der Waals surface area contributed by atoms with Crippen LogP contribution >= 0.6 is 11.3 Å². The number of aryl methyl sites for hydroxylation is 2. The molecule has 5 nitrogen and oxygen atoms in total. The monoisotopic (exact) mass is 360 g/mol. The summed E-state index contributed by atoms with van der Waals surface area (Å²) in [6.07, 6.45) is 0.296. The van der Waals surface area contributed by atoms with E-state index < -0.39 is 0 Å². The fourth-order valence-electron chi connectivity index (χ4n) is 2.36. The van der Waals surface area contributed by atoms with Gasteiger partial charge in [-0.15, -0.1) is 11.3 Å². The molecule has 0 atom stereocenters. The molecule has 25 heavy (non-hydrogen) atoms. The third-order valence-corrected chi connectivity index (χ3v) is 4.44. The Balaban J connectivity index is 1.95. The zero-order valence-corrected chi connectivity index (χ0v) is 15.9. The lowest BCUT2D eigenvalue weighted by Gasteiger charge is -2.08. The van der Waals surface area contributed by atoms with Gasteiger partial charge in [-0.3, -0.25) is 9.59 Å². The Kier molecular flexibility index (Phi) is 6.70. The van der Waals surface area contributed by atoms with Gasteiger partial charge in [0.15, 0.2) is 0 Å². The summed E-state index contributed by atoms with van der Waals surface area (Å²) in [5.74, 6) is -0.418. The van der Waals surface area contributed by atoms with Crippen LogP contribution in [0, 0.1) is 13.8 Å². The summed E-state index contributed by atoms with van der Waals surface area (Å²) in [7, 11) is 0. The number of hydrogen-bond donors (Lipinski definition) is 1. The summed E-state index contributed by atoms with van der Waals surface area (Å²) in [6.45, 7) is 7.85. The van der Waals surface area contributed by atoms with Gasteiger partial charge in [-0.25, -0.2) is 4.98 Å². The van der Waals surface area contributed by atoms with Crippen molar-refractivity contribution in [2.75, 3.05) is 6.54 Å². The first-order chi connectivity index (χ1) is 11.8. The summed E-state index contributed by atoms with van der Waals surface area (Å²) < 4.78 is 5.04. The number of nitrogens with zero attached hydrogens (tertiary/aromatic N) is 1. The topological polar surface area (TPSA) is 68.3 Å². The Morgan fingerprint density at radius 1 is 1.20 bits per heavy atom. The Hall–Kier alpha value is -2.21. The van der Waals surface area contributed by atoms with E-state index >= 15 is 0 Å². The number of ether oxygens (including phenoxy) is 1. The molecule has 1 N–H and O–H groups in total. The lowest BCUT2D eigenvalue weighted by atomic mass is 10.1. The van der Waals surface area contributed by atoms with Gasteiger partial charge >= 0.3 is 5.97 Å². The Bertz CT molecular complexity index is 736. The SMILES string of the molecule is Cc1ccc(-c2nc(C)sc2CC(=O)NCCC(=O)OC(C)C)cc1. The summed E-state index contributed by atoms with van der Waals surface area (Å²) in [6, 6.07) is 8.11. The van der Waals surface area contributed by atoms with Crippen molar-refractivity contribution in [1.29, 1.82) is 0 Å². The van der Waals surface area contributed by atoms with Gasteiger partial charge in [-0.05, 0) is 27.7 Å². The molecule has 134 valence electrons. The number of esters is 1. The molecule has 1 amide bonds. The minimum atomic E-state index is -0.302.